The average molecular weight is 545 g/mol. The molecule has 2 N–H and O–H groups in total. The minimum absolute atomic E-state index is 0.103. The number of rotatable bonds is 8. The number of aromatic nitrogens is 2. The van der Waals surface area contributed by atoms with Crippen LogP contribution in [0.5, 0.6) is 0 Å². The first-order valence-corrected chi connectivity index (χ1v) is 14.6. The summed E-state index contributed by atoms with van der Waals surface area (Å²) < 4.78 is 31.0. The van der Waals surface area contributed by atoms with Crippen LogP contribution in [0, 0.1) is 0 Å². The van der Waals surface area contributed by atoms with E-state index in [0.717, 1.165) is 12.1 Å². The zero-order valence-corrected chi connectivity index (χ0v) is 24.1. The molecule has 1 saturated carbocycles. The highest BCUT2D eigenvalue weighted by molar-refractivity contribution is 7.94. The summed E-state index contributed by atoms with van der Waals surface area (Å²) in [5.41, 5.74) is 1.94. The van der Waals surface area contributed by atoms with E-state index in [1.165, 1.54) is 0 Å². The molecule has 1 aliphatic carbocycles. The number of nitrogens with one attached hydrogen (secondary N) is 2. The van der Waals surface area contributed by atoms with E-state index in [2.05, 4.69) is 22.5 Å². The molecule has 1 aromatic heterocycles. The second-order valence-electron chi connectivity index (χ2n) is 11.4. The maximum Gasteiger partial charge on any atom is 0.319 e. The van der Waals surface area contributed by atoms with Crippen LogP contribution in [-0.4, -0.2) is 87.0 Å². The molecular formula is C27H40N6O4S. The van der Waals surface area contributed by atoms with Crippen molar-refractivity contribution in [3.8, 4) is 11.4 Å². The SMILES string of the molecule is C[C@H]1COCCN1c1cc(C2(S(=O)(=O)C(C)(C)C)CC2)nc(-c2ccc(NC(=O)NCCN(C)C)cc2)n1. The fraction of sp³-hybridized carbons (Fsp3) is 0.593. The van der Waals surface area contributed by atoms with Crippen LogP contribution in [-0.2, 0) is 19.3 Å². The highest BCUT2D eigenvalue weighted by atomic mass is 32.2. The first-order chi connectivity index (χ1) is 17.8. The summed E-state index contributed by atoms with van der Waals surface area (Å²) in [6.07, 6.45) is 1.10. The molecule has 1 aliphatic heterocycles. The molecule has 2 aromatic rings. The molecular weight excluding hydrogens is 504 g/mol. The largest absolute Gasteiger partial charge is 0.377 e. The van der Waals surface area contributed by atoms with Gasteiger partial charge in [-0.05, 0) is 78.9 Å². The number of sulfone groups is 1. The van der Waals surface area contributed by atoms with Crippen LogP contribution in [0.1, 0.15) is 46.2 Å². The second kappa shape index (κ2) is 10.8. The van der Waals surface area contributed by atoms with Crippen molar-refractivity contribution in [2.75, 3.05) is 57.2 Å². The van der Waals surface area contributed by atoms with Crippen molar-refractivity contribution in [2.45, 2.75) is 56.1 Å². The van der Waals surface area contributed by atoms with E-state index in [4.69, 9.17) is 14.7 Å². The van der Waals surface area contributed by atoms with Gasteiger partial charge in [0, 0.05) is 37.0 Å². The Morgan fingerprint density at radius 1 is 1.18 bits per heavy atom. The van der Waals surface area contributed by atoms with Crippen molar-refractivity contribution in [2.24, 2.45) is 0 Å². The summed E-state index contributed by atoms with van der Waals surface area (Å²) in [6, 6.07) is 8.98. The number of anilines is 2. The predicted octanol–water partition coefficient (Wildman–Crippen LogP) is 3.25. The van der Waals surface area contributed by atoms with Crippen molar-refractivity contribution in [3.63, 3.8) is 0 Å². The van der Waals surface area contributed by atoms with Crippen molar-refractivity contribution in [1.82, 2.24) is 20.2 Å². The Kier molecular flexibility index (Phi) is 8.02. The molecule has 1 saturated heterocycles. The van der Waals surface area contributed by atoms with Gasteiger partial charge in [-0.1, -0.05) is 0 Å². The van der Waals surface area contributed by atoms with Crippen molar-refractivity contribution in [1.29, 1.82) is 0 Å². The van der Waals surface area contributed by atoms with Gasteiger partial charge in [-0.15, -0.1) is 0 Å². The van der Waals surface area contributed by atoms with Gasteiger partial charge in [0.1, 0.15) is 10.6 Å². The first-order valence-electron chi connectivity index (χ1n) is 13.1. The maximum atomic E-state index is 13.7. The monoisotopic (exact) mass is 544 g/mol. The van der Waals surface area contributed by atoms with Crippen LogP contribution in [0.3, 0.4) is 0 Å². The van der Waals surface area contributed by atoms with E-state index >= 15 is 0 Å². The number of nitrogens with zero attached hydrogens (tertiary/aromatic N) is 4. The van der Waals surface area contributed by atoms with Crippen LogP contribution in [0.15, 0.2) is 30.3 Å². The topological polar surface area (TPSA) is 117 Å². The maximum absolute atomic E-state index is 13.7. The van der Waals surface area contributed by atoms with Gasteiger partial charge >= 0.3 is 6.03 Å². The zero-order chi connectivity index (χ0) is 27.7. The van der Waals surface area contributed by atoms with Gasteiger partial charge in [-0.25, -0.2) is 23.2 Å². The fourth-order valence-electron chi connectivity index (χ4n) is 4.64. The van der Waals surface area contributed by atoms with Gasteiger partial charge in [-0.2, -0.15) is 0 Å². The molecule has 4 rings (SSSR count). The molecule has 38 heavy (non-hydrogen) atoms. The smallest absolute Gasteiger partial charge is 0.319 e. The number of likely N-dealkylation sites (N-methyl/N-ethyl adjacent to an activating group) is 1. The number of carbonyl (C=O) groups is 1. The van der Waals surface area contributed by atoms with Crippen molar-refractivity contribution >= 4 is 27.4 Å². The minimum Gasteiger partial charge on any atom is -0.377 e. The van der Waals surface area contributed by atoms with E-state index in [9.17, 15) is 13.2 Å². The molecule has 10 nitrogen and oxygen atoms in total. The Morgan fingerprint density at radius 3 is 2.45 bits per heavy atom. The van der Waals surface area contributed by atoms with E-state index in [-0.39, 0.29) is 12.1 Å². The van der Waals surface area contributed by atoms with Gasteiger partial charge in [0.15, 0.2) is 15.7 Å². The Balaban J connectivity index is 1.66. The van der Waals surface area contributed by atoms with E-state index in [1.54, 1.807) is 32.9 Å². The molecule has 1 atom stereocenters. The van der Waals surface area contributed by atoms with E-state index < -0.39 is 19.3 Å². The van der Waals surface area contributed by atoms with Gasteiger partial charge in [0.05, 0.1) is 29.7 Å². The number of carbonyl (C=O) groups excluding carboxylic acids is 1. The number of urea groups is 1. The lowest BCUT2D eigenvalue weighted by molar-refractivity contribution is 0.0985. The Morgan fingerprint density at radius 2 is 1.87 bits per heavy atom. The number of benzene rings is 1. The van der Waals surface area contributed by atoms with Crippen molar-refractivity contribution < 1.29 is 17.9 Å². The lowest BCUT2D eigenvalue weighted by Gasteiger charge is -2.35. The van der Waals surface area contributed by atoms with Crippen LogP contribution in [0.2, 0.25) is 0 Å². The van der Waals surface area contributed by atoms with Crippen LogP contribution >= 0.6 is 0 Å². The summed E-state index contributed by atoms with van der Waals surface area (Å²) in [6.45, 7) is 10.4. The molecule has 208 valence electrons. The summed E-state index contributed by atoms with van der Waals surface area (Å²) >= 11 is 0. The minimum atomic E-state index is -3.50. The zero-order valence-electron chi connectivity index (χ0n) is 23.2. The van der Waals surface area contributed by atoms with Crippen LogP contribution in [0.4, 0.5) is 16.3 Å². The first kappa shape index (κ1) is 28.3. The summed E-state index contributed by atoms with van der Waals surface area (Å²) in [4.78, 5) is 26.1. The van der Waals surface area contributed by atoms with Gasteiger partial charge in [0.25, 0.3) is 0 Å². The van der Waals surface area contributed by atoms with Gasteiger partial charge in [0.2, 0.25) is 0 Å². The second-order valence-corrected chi connectivity index (χ2v) is 14.4. The molecule has 1 aromatic carbocycles. The molecule has 0 bridgehead atoms. The molecule has 0 radical (unpaired) electrons. The Labute approximate surface area is 226 Å². The van der Waals surface area contributed by atoms with Crippen molar-refractivity contribution in [3.05, 3.63) is 36.0 Å². The third kappa shape index (κ3) is 5.79. The van der Waals surface area contributed by atoms with E-state index in [0.29, 0.717) is 62.2 Å². The lowest BCUT2D eigenvalue weighted by Crippen LogP contribution is -2.44. The summed E-state index contributed by atoms with van der Waals surface area (Å²) in [5.74, 6) is 1.17. The molecule has 2 fully saturated rings. The normalized spacial score (nSPS) is 19.3. The Hall–Kier alpha value is -2.76. The molecule has 2 amide bonds. The molecule has 2 aliphatic rings. The average Bonchev–Trinajstić information content (AvgIpc) is 3.66. The predicted molar refractivity (Wildman–Crippen MR) is 150 cm³/mol. The standard InChI is InChI=1S/C27H40N6O4S/c1-19-18-37-16-15-33(19)23-17-22(27(11-12-27)38(35,36)26(2,3)4)30-24(31-23)20-7-9-21(10-8-20)29-25(34)28-13-14-32(5)6/h7-10,17,19H,11-16,18H2,1-6H3,(H2,28,29,34)/t19-/m0/s1. The Bertz CT molecular complexity index is 1250. The molecule has 11 heteroatoms. The third-order valence-corrected chi connectivity index (χ3v) is 10.4. The van der Waals surface area contributed by atoms with Crippen LogP contribution < -0.4 is 15.5 Å². The molecule has 0 unspecified atom stereocenters. The highest BCUT2D eigenvalue weighted by Gasteiger charge is 2.61. The van der Waals surface area contributed by atoms with E-state index in [1.807, 2.05) is 37.2 Å². The van der Waals surface area contributed by atoms with Gasteiger partial charge < -0.3 is 25.2 Å². The number of hydrogen-bond acceptors (Lipinski definition) is 8. The molecule has 2 heterocycles. The number of ether oxygens (including phenoxy) is 1. The molecule has 0 spiro atoms. The number of morpholine rings is 1. The van der Waals surface area contributed by atoms with Crippen LogP contribution in [0.25, 0.3) is 11.4 Å². The number of amides is 2. The third-order valence-electron chi connectivity index (χ3n) is 7.11. The summed E-state index contributed by atoms with van der Waals surface area (Å²) in [5, 5.41) is 5.66. The quantitative estimate of drug-likeness (QED) is 0.520. The highest BCUT2D eigenvalue weighted by Crippen LogP contribution is 2.56. The summed E-state index contributed by atoms with van der Waals surface area (Å²) in [7, 11) is 0.395. The number of hydrogen-bond donors (Lipinski definition) is 2. The lowest BCUT2D eigenvalue weighted by atomic mass is 10.1. The van der Waals surface area contributed by atoms with Gasteiger partial charge in [-0.3, -0.25) is 0 Å². The fourth-order valence-corrected chi connectivity index (χ4v) is 6.84.